The van der Waals surface area contributed by atoms with Crippen molar-refractivity contribution in [1.82, 2.24) is 10.6 Å². The lowest BCUT2D eigenvalue weighted by atomic mass is 9.85. The van der Waals surface area contributed by atoms with Gasteiger partial charge in [0.1, 0.15) is 6.10 Å². The van der Waals surface area contributed by atoms with E-state index in [0.29, 0.717) is 26.0 Å². The normalized spacial score (nSPS) is 32.9. The fraction of sp³-hybridized carbons (Fsp3) is 0.917. The van der Waals surface area contributed by atoms with E-state index in [9.17, 15) is 18.0 Å². The number of hydrogen-bond acceptors (Lipinski definition) is 3. The van der Waals surface area contributed by atoms with Gasteiger partial charge in [0.05, 0.1) is 12.5 Å². The molecule has 1 atom stereocenters. The molecule has 4 nitrogen and oxygen atoms in total. The number of carbonyl (C=O) groups is 1. The summed E-state index contributed by atoms with van der Waals surface area (Å²) in [7, 11) is 0. The van der Waals surface area contributed by atoms with E-state index < -0.39 is 18.2 Å². The van der Waals surface area contributed by atoms with Crippen LogP contribution in [0.4, 0.5) is 13.2 Å². The maximum Gasteiger partial charge on any atom is 0.391 e. The Kier molecular flexibility index (Phi) is 4.67. The van der Waals surface area contributed by atoms with Gasteiger partial charge in [-0.1, -0.05) is 0 Å². The zero-order chi connectivity index (χ0) is 13.9. The van der Waals surface area contributed by atoms with Gasteiger partial charge < -0.3 is 15.4 Å². The monoisotopic (exact) mass is 280 g/mol. The Morgan fingerprint density at radius 3 is 2.42 bits per heavy atom. The molecule has 0 aromatic heterocycles. The average molecular weight is 280 g/mol. The first-order chi connectivity index (χ1) is 8.97. The van der Waals surface area contributed by atoms with Gasteiger partial charge in [-0.15, -0.1) is 0 Å². The summed E-state index contributed by atoms with van der Waals surface area (Å²) in [6, 6.07) is -0.156. The van der Waals surface area contributed by atoms with Crippen LogP contribution in [0.25, 0.3) is 0 Å². The van der Waals surface area contributed by atoms with Crippen LogP contribution in [0, 0.1) is 5.92 Å². The highest BCUT2D eigenvalue weighted by molar-refractivity contribution is 5.81. The minimum absolute atomic E-state index is 0.0955. The number of ether oxygens (including phenoxy) is 1. The minimum Gasteiger partial charge on any atom is -0.366 e. The van der Waals surface area contributed by atoms with Crippen molar-refractivity contribution in [1.29, 1.82) is 0 Å². The third-order valence-electron chi connectivity index (χ3n) is 3.76. The lowest BCUT2D eigenvalue weighted by Gasteiger charge is -2.31. The predicted molar refractivity (Wildman–Crippen MR) is 62.6 cm³/mol. The molecule has 2 fully saturated rings. The van der Waals surface area contributed by atoms with Crippen molar-refractivity contribution in [2.75, 3.05) is 19.7 Å². The van der Waals surface area contributed by atoms with Gasteiger partial charge in [0.25, 0.3) is 5.91 Å². The molecule has 2 rings (SSSR count). The second kappa shape index (κ2) is 6.09. The summed E-state index contributed by atoms with van der Waals surface area (Å²) in [6.07, 6.45) is -3.66. The minimum atomic E-state index is -4.11. The van der Waals surface area contributed by atoms with Crippen molar-refractivity contribution < 1.29 is 22.7 Å². The van der Waals surface area contributed by atoms with Crippen LogP contribution in [0.5, 0.6) is 0 Å². The van der Waals surface area contributed by atoms with E-state index in [4.69, 9.17) is 4.74 Å². The average Bonchev–Trinajstić information content (AvgIpc) is 2.39. The molecule has 0 spiro atoms. The molecule has 1 heterocycles. The van der Waals surface area contributed by atoms with Gasteiger partial charge in [0, 0.05) is 19.1 Å². The third-order valence-corrected chi connectivity index (χ3v) is 3.76. The van der Waals surface area contributed by atoms with E-state index in [1.54, 1.807) is 0 Å². The summed E-state index contributed by atoms with van der Waals surface area (Å²) >= 11 is 0. The fourth-order valence-electron chi connectivity index (χ4n) is 2.59. The lowest BCUT2D eigenvalue weighted by Crippen LogP contribution is -2.51. The maximum absolute atomic E-state index is 12.5. The molecule has 1 saturated heterocycles. The summed E-state index contributed by atoms with van der Waals surface area (Å²) in [5.41, 5.74) is 0. The Bertz CT molecular complexity index is 309. The number of rotatable bonds is 2. The molecule has 0 aromatic carbocycles. The fourth-order valence-corrected chi connectivity index (χ4v) is 2.59. The number of halogens is 3. The smallest absolute Gasteiger partial charge is 0.366 e. The molecule has 1 amide bonds. The van der Waals surface area contributed by atoms with Gasteiger partial charge in [-0.05, 0) is 25.7 Å². The zero-order valence-corrected chi connectivity index (χ0v) is 10.6. The topological polar surface area (TPSA) is 50.4 Å². The van der Waals surface area contributed by atoms with Gasteiger partial charge in [0.15, 0.2) is 0 Å². The van der Waals surface area contributed by atoms with E-state index >= 15 is 0 Å². The van der Waals surface area contributed by atoms with E-state index in [0.717, 1.165) is 6.54 Å². The third kappa shape index (κ3) is 4.07. The van der Waals surface area contributed by atoms with Gasteiger partial charge in [-0.3, -0.25) is 4.79 Å². The first-order valence-corrected chi connectivity index (χ1v) is 6.66. The summed E-state index contributed by atoms with van der Waals surface area (Å²) in [4.78, 5) is 11.8. The molecule has 1 aliphatic carbocycles. The predicted octanol–water partition coefficient (Wildman–Crippen LogP) is 1.21. The number of carbonyl (C=O) groups excluding carboxylic acids is 1. The van der Waals surface area contributed by atoms with Crippen LogP contribution in [0.2, 0.25) is 0 Å². The first kappa shape index (κ1) is 14.6. The first-order valence-electron chi connectivity index (χ1n) is 6.66. The summed E-state index contributed by atoms with van der Waals surface area (Å²) in [5, 5.41) is 5.83. The van der Waals surface area contributed by atoms with E-state index in [1.165, 1.54) is 0 Å². The van der Waals surface area contributed by atoms with Crippen molar-refractivity contribution in [3.05, 3.63) is 0 Å². The second-order valence-corrected chi connectivity index (χ2v) is 5.16. The second-order valence-electron chi connectivity index (χ2n) is 5.16. The van der Waals surface area contributed by atoms with Gasteiger partial charge >= 0.3 is 6.18 Å². The molecule has 2 aliphatic rings. The molecular formula is C12H19F3N2O2. The largest absolute Gasteiger partial charge is 0.391 e. The van der Waals surface area contributed by atoms with Gasteiger partial charge in [0.2, 0.25) is 0 Å². The van der Waals surface area contributed by atoms with Crippen molar-refractivity contribution in [3.63, 3.8) is 0 Å². The van der Waals surface area contributed by atoms with Crippen LogP contribution >= 0.6 is 0 Å². The summed E-state index contributed by atoms with van der Waals surface area (Å²) in [6.45, 7) is 1.67. The van der Waals surface area contributed by atoms with Crippen LogP contribution in [-0.4, -0.2) is 43.9 Å². The molecule has 2 N–H and O–H groups in total. The molecule has 1 unspecified atom stereocenters. The van der Waals surface area contributed by atoms with Crippen molar-refractivity contribution in [2.24, 2.45) is 5.92 Å². The highest BCUT2D eigenvalue weighted by Gasteiger charge is 2.41. The molecule has 0 bridgehead atoms. The molecule has 110 valence electrons. The summed E-state index contributed by atoms with van der Waals surface area (Å²) in [5.74, 6) is -1.43. The number of amides is 1. The summed E-state index contributed by atoms with van der Waals surface area (Å²) < 4.78 is 42.8. The Labute approximate surface area is 110 Å². The molecule has 1 aliphatic heterocycles. The standard InChI is InChI=1S/C12H19F3N2O2/c13-12(14,15)8-1-3-9(4-2-8)17-11(18)10-7-16-5-6-19-10/h8-10,16H,1-7H2,(H,17,18). The Morgan fingerprint density at radius 1 is 1.21 bits per heavy atom. The molecule has 7 heteroatoms. The van der Waals surface area contributed by atoms with Gasteiger partial charge in [-0.25, -0.2) is 0 Å². The van der Waals surface area contributed by atoms with Crippen molar-refractivity contribution >= 4 is 5.91 Å². The van der Waals surface area contributed by atoms with E-state index in [-0.39, 0.29) is 24.8 Å². The number of morpholine rings is 1. The SMILES string of the molecule is O=C(NC1CCC(C(F)(F)F)CC1)C1CNCCO1. The van der Waals surface area contributed by atoms with Crippen LogP contribution < -0.4 is 10.6 Å². The van der Waals surface area contributed by atoms with E-state index in [1.807, 2.05) is 0 Å². The number of hydrogen-bond donors (Lipinski definition) is 2. The van der Waals surface area contributed by atoms with Crippen LogP contribution in [0.3, 0.4) is 0 Å². The molecule has 19 heavy (non-hydrogen) atoms. The Balaban J connectivity index is 1.74. The van der Waals surface area contributed by atoms with Crippen LogP contribution in [0.1, 0.15) is 25.7 Å². The lowest BCUT2D eigenvalue weighted by molar-refractivity contribution is -0.182. The molecular weight excluding hydrogens is 261 g/mol. The van der Waals surface area contributed by atoms with Crippen molar-refractivity contribution in [3.8, 4) is 0 Å². The van der Waals surface area contributed by atoms with Crippen molar-refractivity contribution in [2.45, 2.75) is 44.0 Å². The van der Waals surface area contributed by atoms with E-state index in [2.05, 4.69) is 10.6 Å². The number of alkyl halides is 3. The van der Waals surface area contributed by atoms with Crippen LogP contribution in [-0.2, 0) is 9.53 Å². The number of nitrogens with one attached hydrogen (secondary N) is 2. The maximum atomic E-state index is 12.5. The van der Waals surface area contributed by atoms with Gasteiger partial charge in [-0.2, -0.15) is 13.2 Å². The highest BCUT2D eigenvalue weighted by Crippen LogP contribution is 2.37. The molecule has 0 radical (unpaired) electrons. The molecule has 1 saturated carbocycles. The highest BCUT2D eigenvalue weighted by atomic mass is 19.4. The molecule has 0 aromatic rings. The Morgan fingerprint density at radius 2 is 1.89 bits per heavy atom. The zero-order valence-electron chi connectivity index (χ0n) is 10.6. The van der Waals surface area contributed by atoms with Crippen LogP contribution in [0.15, 0.2) is 0 Å². The Hall–Kier alpha value is -0.820. The quantitative estimate of drug-likeness (QED) is 0.799.